The Morgan fingerprint density at radius 1 is 1.24 bits per heavy atom. The van der Waals surface area contributed by atoms with Crippen LogP contribution in [0.1, 0.15) is 25.1 Å². The maximum atomic E-state index is 4.43. The second kappa shape index (κ2) is 4.91. The fourth-order valence-corrected chi connectivity index (χ4v) is 1.90. The van der Waals surface area contributed by atoms with Crippen LogP contribution in [0.15, 0.2) is 49.2 Å². The number of aryl methyl sites for hydroxylation is 1. The summed E-state index contributed by atoms with van der Waals surface area (Å²) in [6, 6.07) is 12.3. The Hall–Kier alpha value is -1.96. The minimum atomic E-state index is 0.995. The maximum absolute atomic E-state index is 4.43. The molecule has 2 heteroatoms. The molecule has 86 valence electrons. The van der Waals surface area contributed by atoms with Gasteiger partial charge in [0.15, 0.2) is 0 Å². The monoisotopic (exact) mass is 225 g/mol. The summed E-state index contributed by atoms with van der Waals surface area (Å²) >= 11 is 0. The summed E-state index contributed by atoms with van der Waals surface area (Å²) in [5, 5.41) is 4.43. The van der Waals surface area contributed by atoms with Crippen molar-refractivity contribution in [3.05, 3.63) is 60.4 Å². The van der Waals surface area contributed by atoms with Crippen LogP contribution in [0.2, 0.25) is 0 Å². The normalized spacial score (nSPS) is 10.2. The quantitative estimate of drug-likeness (QED) is 0.734. The maximum Gasteiger partial charge on any atom is 0.241 e. The minimum Gasteiger partial charge on any atom is -0.0894 e. The Kier molecular flexibility index (Phi) is 3.33. The largest absolute Gasteiger partial charge is 0.241 e. The SMILES string of the molecule is C=C(C)c1cccn[n+]1-c1ccccc1CC. The summed E-state index contributed by atoms with van der Waals surface area (Å²) in [5.41, 5.74) is 4.49. The van der Waals surface area contributed by atoms with Crippen molar-refractivity contribution in [2.45, 2.75) is 20.3 Å². The smallest absolute Gasteiger partial charge is 0.0894 e. The highest BCUT2D eigenvalue weighted by molar-refractivity contribution is 5.55. The zero-order chi connectivity index (χ0) is 12.3. The number of benzene rings is 1. The minimum absolute atomic E-state index is 0.995. The van der Waals surface area contributed by atoms with Gasteiger partial charge in [-0.1, -0.05) is 31.7 Å². The highest BCUT2D eigenvalue weighted by Gasteiger charge is 2.18. The Balaban J connectivity index is 2.64. The molecule has 17 heavy (non-hydrogen) atoms. The summed E-state index contributed by atoms with van der Waals surface area (Å²) in [4.78, 5) is 0. The third kappa shape index (κ3) is 2.26. The Morgan fingerprint density at radius 3 is 2.71 bits per heavy atom. The fourth-order valence-electron chi connectivity index (χ4n) is 1.90. The first-order valence-corrected chi connectivity index (χ1v) is 5.85. The van der Waals surface area contributed by atoms with Crippen molar-refractivity contribution in [3.8, 4) is 5.69 Å². The zero-order valence-electron chi connectivity index (χ0n) is 10.4. The van der Waals surface area contributed by atoms with Gasteiger partial charge in [-0.2, -0.15) is 0 Å². The first-order chi connectivity index (χ1) is 8.24. The lowest BCUT2D eigenvalue weighted by molar-refractivity contribution is -0.662. The molecule has 0 aliphatic carbocycles. The van der Waals surface area contributed by atoms with Crippen molar-refractivity contribution < 1.29 is 4.68 Å². The predicted molar refractivity (Wildman–Crippen MR) is 69.9 cm³/mol. The first-order valence-electron chi connectivity index (χ1n) is 5.85. The molecule has 0 amide bonds. The van der Waals surface area contributed by atoms with Gasteiger partial charge < -0.3 is 0 Å². The van der Waals surface area contributed by atoms with E-state index in [1.54, 1.807) is 6.20 Å². The van der Waals surface area contributed by atoms with E-state index in [4.69, 9.17) is 0 Å². The van der Waals surface area contributed by atoms with Gasteiger partial charge in [0.25, 0.3) is 0 Å². The third-order valence-electron chi connectivity index (χ3n) is 2.79. The molecule has 0 N–H and O–H groups in total. The van der Waals surface area contributed by atoms with E-state index in [0.29, 0.717) is 0 Å². The van der Waals surface area contributed by atoms with E-state index in [-0.39, 0.29) is 0 Å². The number of para-hydroxylation sites is 1. The molecule has 0 fully saturated rings. The van der Waals surface area contributed by atoms with Gasteiger partial charge in [-0.05, 0) is 29.2 Å². The molecule has 2 nitrogen and oxygen atoms in total. The molecule has 0 unspecified atom stereocenters. The van der Waals surface area contributed by atoms with Crippen molar-refractivity contribution in [1.82, 2.24) is 5.10 Å². The van der Waals surface area contributed by atoms with Crippen molar-refractivity contribution in [1.29, 1.82) is 0 Å². The second-order valence-electron chi connectivity index (χ2n) is 4.08. The first kappa shape index (κ1) is 11.5. The van der Waals surface area contributed by atoms with Crippen LogP contribution < -0.4 is 4.68 Å². The molecule has 0 spiro atoms. The van der Waals surface area contributed by atoms with Crippen LogP contribution in [0.5, 0.6) is 0 Å². The van der Waals surface area contributed by atoms with Crippen molar-refractivity contribution in [2.75, 3.05) is 0 Å². The van der Waals surface area contributed by atoms with Crippen LogP contribution in [-0.4, -0.2) is 5.10 Å². The van der Waals surface area contributed by atoms with Gasteiger partial charge in [0.2, 0.25) is 11.4 Å². The highest BCUT2D eigenvalue weighted by atomic mass is 15.3. The highest BCUT2D eigenvalue weighted by Crippen LogP contribution is 2.12. The van der Waals surface area contributed by atoms with E-state index < -0.39 is 0 Å². The average molecular weight is 225 g/mol. The molecule has 0 saturated heterocycles. The molecule has 1 heterocycles. The molecule has 1 aromatic carbocycles. The van der Waals surface area contributed by atoms with Gasteiger partial charge in [0.1, 0.15) is 0 Å². The van der Waals surface area contributed by atoms with Gasteiger partial charge in [-0.25, -0.2) is 0 Å². The summed E-state index contributed by atoms with van der Waals surface area (Å²) in [6.45, 7) is 8.16. The Bertz CT molecular complexity index is 544. The van der Waals surface area contributed by atoms with E-state index in [9.17, 15) is 0 Å². The van der Waals surface area contributed by atoms with E-state index in [1.807, 2.05) is 29.8 Å². The van der Waals surface area contributed by atoms with E-state index in [2.05, 4.69) is 36.8 Å². The average Bonchev–Trinajstić information content (AvgIpc) is 2.38. The standard InChI is InChI=1S/C15H17N2/c1-4-13-8-5-6-9-15(13)17-14(12(2)3)10-7-11-16-17/h5-11H,2,4H2,1,3H3/q+1. The zero-order valence-corrected chi connectivity index (χ0v) is 10.4. The molecule has 0 radical (unpaired) electrons. The lowest BCUT2D eigenvalue weighted by Gasteiger charge is -2.03. The van der Waals surface area contributed by atoms with Crippen LogP contribution in [-0.2, 0) is 6.42 Å². The number of allylic oxidation sites excluding steroid dienone is 1. The van der Waals surface area contributed by atoms with E-state index in [1.165, 1.54) is 5.56 Å². The lowest BCUT2D eigenvalue weighted by Crippen LogP contribution is -2.39. The molecule has 0 bridgehead atoms. The summed E-state index contributed by atoms with van der Waals surface area (Å²) < 4.78 is 1.96. The molecule has 2 aromatic rings. The summed E-state index contributed by atoms with van der Waals surface area (Å²) in [6.07, 6.45) is 2.80. The van der Waals surface area contributed by atoms with E-state index in [0.717, 1.165) is 23.4 Å². The van der Waals surface area contributed by atoms with Crippen molar-refractivity contribution >= 4 is 5.57 Å². The molecule has 1 aromatic heterocycles. The van der Waals surface area contributed by atoms with Crippen LogP contribution in [0.25, 0.3) is 11.3 Å². The molecule has 0 saturated carbocycles. The van der Waals surface area contributed by atoms with Crippen molar-refractivity contribution in [3.63, 3.8) is 0 Å². The number of aromatic nitrogens is 2. The summed E-state index contributed by atoms with van der Waals surface area (Å²) in [5.74, 6) is 0. The molecule has 0 aliphatic heterocycles. The van der Waals surface area contributed by atoms with Gasteiger partial charge in [-0.15, -0.1) is 0 Å². The molecule has 0 atom stereocenters. The summed E-state index contributed by atoms with van der Waals surface area (Å²) in [7, 11) is 0. The topological polar surface area (TPSA) is 16.8 Å². The number of hydrogen-bond donors (Lipinski definition) is 0. The second-order valence-corrected chi connectivity index (χ2v) is 4.08. The Morgan fingerprint density at radius 2 is 2.00 bits per heavy atom. The van der Waals surface area contributed by atoms with Crippen LogP contribution >= 0.6 is 0 Å². The molecule has 0 aliphatic rings. The third-order valence-corrected chi connectivity index (χ3v) is 2.79. The van der Waals surface area contributed by atoms with Crippen LogP contribution in [0, 0.1) is 0 Å². The van der Waals surface area contributed by atoms with Gasteiger partial charge in [0, 0.05) is 23.3 Å². The molecular formula is C15H17N2+. The Labute approximate surface area is 102 Å². The number of rotatable bonds is 3. The van der Waals surface area contributed by atoms with Crippen LogP contribution in [0.3, 0.4) is 0 Å². The van der Waals surface area contributed by atoms with Gasteiger partial charge in [-0.3, -0.25) is 0 Å². The van der Waals surface area contributed by atoms with Crippen LogP contribution in [0.4, 0.5) is 0 Å². The fraction of sp³-hybridized carbons (Fsp3) is 0.200. The molecule has 2 rings (SSSR count). The number of nitrogens with zero attached hydrogens (tertiary/aromatic N) is 2. The van der Waals surface area contributed by atoms with E-state index >= 15 is 0 Å². The number of hydrogen-bond acceptors (Lipinski definition) is 1. The predicted octanol–water partition coefficient (Wildman–Crippen LogP) is 2.95. The van der Waals surface area contributed by atoms with Gasteiger partial charge >= 0.3 is 0 Å². The lowest BCUT2D eigenvalue weighted by atomic mass is 10.1. The van der Waals surface area contributed by atoms with Gasteiger partial charge in [0.05, 0.1) is 6.20 Å². The molecular weight excluding hydrogens is 208 g/mol. The van der Waals surface area contributed by atoms with Crippen molar-refractivity contribution in [2.24, 2.45) is 0 Å².